The van der Waals surface area contributed by atoms with Crippen LogP contribution in [0.4, 0.5) is 4.79 Å². The molecule has 0 N–H and O–H groups in total. The van der Waals surface area contributed by atoms with Crippen molar-refractivity contribution in [2.75, 3.05) is 0 Å². The van der Waals surface area contributed by atoms with E-state index in [0.717, 1.165) is 11.1 Å². The normalized spacial score (nSPS) is 13.6. The molecule has 2 atom stereocenters. The Morgan fingerprint density at radius 1 is 0.760 bits per heavy atom. The number of amides is 1. The van der Waals surface area contributed by atoms with Crippen molar-refractivity contribution in [2.45, 2.75) is 58.7 Å². The van der Waals surface area contributed by atoms with E-state index < -0.39 is 0 Å². The molecule has 0 radical (unpaired) electrons. The number of benzene rings is 2. The number of hydrogen-bond donors (Lipinski definition) is 0. The number of hydrogen-bond acceptors (Lipinski definition) is 2. The Bertz CT molecular complexity index is 644. The van der Waals surface area contributed by atoms with Crippen molar-refractivity contribution in [3.63, 3.8) is 0 Å². The van der Waals surface area contributed by atoms with Gasteiger partial charge in [-0.2, -0.15) is 0 Å². The van der Waals surface area contributed by atoms with E-state index in [2.05, 4.69) is 19.1 Å². The summed E-state index contributed by atoms with van der Waals surface area (Å²) < 4.78 is 6.02. The molecule has 25 heavy (non-hydrogen) atoms. The van der Waals surface area contributed by atoms with Gasteiger partial charge < -0.3 is 9.64 Å². The fourth-order valence-electron chi connectivity index (χ4n) is 3.22. The highest BCUT2D eigenvalue weighted by molar-refractivity contribution is 5.69. The van der Waals surface area contributed by atoms with Crippen molar-refractivity contribution in [2.24, 2.45) is 0 Å². The predicted octanol–water partition coefficient (Wildman–Crippen LogP) is 5.79. The Kier molecular flexibility index (Phi) is 6.63. The number of ether oxygens (including phenoxy) is 1. The van der Waals surface area contributed by atoms with Crippen molar-refractivity contribution in [1.82, 2.24) is 4.90 Å². The molecular weight excluding hydrogens is 310 g/mol. The zero-order valence-corrected chi connectivity index (χ0v) is 15.8. The van der Waals surface area contributed by atoms with Crippen LogP contribution in [0.25, 0.3) is 0 Å². The maximum Gasteiger partial charge on any atom is 0.410 e. The summed E-state index contributed by atoms with van der Waals surface area (Å²) in [5.74, 6) is 0.0636. The molecule has 2 unspecified atom stereocenters. The average molecular weight is 339 g/mol. The molecule has 0 aliphatic rings. The van der Waals surface area contributed by atoms with Crippen LogP contribution in [-0.4, -0.2) is 23.1 Å². The summed E-state index contributed by atoms with van der Waals surface area (Å²) in [5, 5.41) is 0. The number of nitrogens with zero attached hydrogens (tertiary/aromatic N) is 1. The third-order valence-electron chi connectivity index (χ3n) is 4.46. The predicted molar refractivity (Wildman–Crippen MR) is 103 cm³/mol. The number of carbonyl (C=O) groups is 1. The van der Waals surface area contributed by atoms with Gasteiger partial charge in [-0.05, 0) is 38.8 Å². The summed E-state index contributed by atoms with van der Waals surface area (Å²) in [7, 11) is 0. The van der Waals surface area contributed by atoms with Gasteiger partial charge in [0.1, 0.15) is 6.10 Å². The van der Waals surface area contributed by atoms with Crippen molar-refractivity contribution in [1.29, 1.82) is 0 Å². The first-order chi connectivity index (χ1) is 11.9. The second-order valence-corrected chi connectivity index (χ2v) is 7.01. The lowest BCUT2D eigenvalue weighted by Crippen LogP contribution is -2.43. The smallest absolute Gasteiger partial charge is 0.410 e. The van der Waals surface area contributed by atoms with Gasteiger partial charge >= 0.3 is 6.09 Å². The van der Waals surface area contributed by atoms with Crippen LogP contribution in [0.1, 0.15) is 57.8 Å². The molecule has 0 heterocycles. The summed E-state index contributed by atoms with van der Waals surface area (Å²) in [6.45, 7) is 10.2. The van der Waals surface area contributed by atoms with Gasteiger partial charge in [-0.3, -0.25) is 0 Å². The third kappa shape index (κ3) is 4.85. The molecule has 0 spiro atoms. The molecule has 0 fully saturated rings. The maximum atomic E-state index is 12.8. The van der Waals surface area contributed by atoms with Gasteiger partial charge in [0.05, 0.1) is 0 Å². The van der Waals surface area contributed by atoms with Crippen molar-refractivity contribution < 1.29 is 9.53 Å². The first-order valence-electron chi connectivity index (χ1n) is 9.00. The van der Waals surface area contributed by atoms with Gasteiger partial charge in [0.2, 0.25) is 0 Å². The summed E-state index contributed by atoms with van der Waals surface area (Å²) in [5.41, 5.74) is 2.17. The minimum Gasteiger partial charge on any atom is -0.441 e. The van der Waals surface area contributed by atoms with E-state index in [9.17, 15) is 4.79 Å². The van der Waals surface area contributed by atoms with Crippen LogP contribution < -0.4 is 0 Å². The second kappa shape index (κ2) is 8.70. The van der Waals surface area contributed by atoms with Gasteiger partial charge in [-0.15, -0.1) is 0 Å². The first-order valence-corrected chi connectivity index (χ1v) is 9.00. The molecule has 2 rings (SSSR count). The fraction of sp³-hybridized carbons (Fsp3) is 0.409. The molecule has 2 aromatic carbocycles. The zero-order valence-electron chi connectivity index (χ0n) is 15.8. The molecule has 2 aromatic rings. The van der Waals surface area contributed by atoms with E-state index in [-0.39, 0.29) is 30.2 Å². The molecule has 0 aromatic heterocycles. The lowest BCUT2D eigenvalue weighted by Gasteiger charge is -2.33. The van der Waals surface area contributed by atoms with Crippen LogP contribution in [0.15, 0.2) is 60.7 Å². The summed E-state index contributed by atoms with van der Waals surface area (Å²) in [6, 6.07) is 20.4. The molecule has 0 saturated carbocycles. The minimum absolute atomic E-state index is 0.0636. The standard InChI is InChI=1S/C22H29NO2/c1-16(2)23(17(3)4)22(24)25-21(20-14-10-7-11-15-20)18(5)19-12-8-6-9-13-19/h6-18,21H,1-5H3. The van der Waals surface area contributed by atoms with Gasteiger partial charge in [-0.1, -0.05) is 67.6 Å². The minimum atomic E-state index is -0.323. The van der Waals surface area contributed by atoms with Crippen LogP contribution >= 0.6 is 0 Å². The van der Waals surface area contributed by atoms with Crippen LogP contribution in [-0.2, 0) is 4.74 Å². The molecule has 3 nitrogen and oxygen atoms in total. The Morgan fingerprint density at radius 2 is 1.20 bits per heavy atom. The third-order valence-corrected chi connectivity index (χ3v) is 4.46. The number of carbonyl (C=O) groups excluding carboxylic acids is 1. The molecule has 0 aliphatic carbocycles. The van der Waals surface area contributed by atoms with Crippen LogP contribution in [0.3, 0.4) is 0 Å². The van der Waals surface area contributed by atoms with Crippen molar-refractivity contribution in [3.05, 3.63) is 71.8 Å². The molecule has 0 bridgehead atoms. The Balaban J connectivity index is 2.31. The average Bonchev–Trinajstić information content (AvgIpc) is 2.60. The van der Waals surface area contributed by atoms with E-state index in [1.807, 2.05) is 76.2 Å². The monoisotopic (exact) mass is 339 g/mol. The molecule has 3 heteroatoms. The van der Waals surface area contributed by atoms with Crippen LogP contribution in [0.5, 0.6) is 0 Å². The van der Waals surface area contributed by atoms with Gasteiger partial charge in [0.15, 0.2) is 0 Å². The van der Waals surface area contributed by atoms with Gasteiger partial charge in [0, 0.05) is 18.0 Å². The molecule has 134 valence electrons. The lowest BCUT2D eigenvalue weighted by atomic mass is 9.90. The zero-order chi connectivity index (χ0) is 18.4. The Hall–Kier alpha value is -2.29. The molecule has 0 saturated heterocycles. The second-order valence-electron chi connectivity index (χ2n) is 7.01. The van der Waals surface area contributed by atoms with E-state index >= 15 is 0 Å². The Labute approximate surface area is 151 Å². The maximum absolute atomic E-state index is 12.8. The van der Waals surface area contributed by atoms with Crippen molar-refractivity contribution in [3.8, 4) is 0 Å². The SMILES string of the molecule is CC(c1ccccc1)C(OC(=O)N(C(C)C)C(C)C)c1ccccc1. The molecule has 0 aliphatic heterocycles. The van der Waals surface area contributed by atoms with E-state index in [1.54, 1.807) is 4.90 Å². The molecular formula is C22H29NO2. The van der Waals surface area contributed by atoms with Crippen LogP contribution in [0, 0.1) is 0 Å². The van der Waals surface area contributed by atoms with E-state index in [4.69, 9.17) is 4.74 Å². The molecule has 1 amide bonds. The van der Waals surface area contributed by atoms with Gasteiger partial charge in [-0.25, -0.2) is 4.79 Å². The van der Waals surface area contributed by atoms with Crippen LogP contribution in [0.2, 0.25) is 0 Å². The Morgan fingerprint density at radius 3 is 1.64 bits per heavy atom. The highest BCUT2D eigenvalue weighted by atomic mass is 16.6. The van der Waals surface area contributed by atoms with Crippen molar-refractivity contribution >= 4 is 6.09 Å². The topological polar surface area (TPSA) is 29.5 Å². The highest BCUT2D eigenvalue weighted by Gasteiger charge is 2.29. The lowest BCUT2D eigenvalue weighted by molar-refractivity contribution is 0.0360. The highest BCUT2D eigenvalue weighted by Crippen LogP contribution is 2.34. The van der Waals surface area contributed by atoms with E-state index in [1.165, 1.54) is 0 Å². The largest absolute Gasteiger partial charge is 0.441 e. The quantitative estimate of drug-likeness (QED) is 0.667. The number of rotatable bonds is 6. The fourth-order valence-corrected chi connectivity index (χ4v) is 3.22. The summed E-state index contributed by atoms with van der Waals surface area (Å²) >= 11 is 0. The van der Waals surface area contributed by atoms with Gasteiger partial charge in [0.25, 0.3) is 0 Å². The summed E-state index contributed by atoms with van der Waals surface area (Å²) in [4.78, 5) is 14.6. The van der Waals surface area contributed by atoms with E-state index in [0.29, 0.717) is 0 Å². The summed E-state index contributed by atoms with van der Waals surface area (Å²) in [6.07, 6.45) is -0.585. The first kappa shape index (κ1) is 19.0.